The normalized spacial score (nSPS) is 20.0. The summed E-state index contributed by atoms with van der Waals surface area (Å²) < 4.78 is 30.6. The van der Waals surface area contributed by atoms with Crippen LogP contribution in [0.1, 0.15) is 38.1 Å². The van der Waals surface area contributed by atoms with E-state index in [-0.39, 0.29) is 11.3 Å². The van der Waals surface area contributed by atoms with E-state index in [0.717, 1.165) is 0 Å². The minimum absolute atomic E-state index is 0.0207. The lowest BCUT2D eigenvalue weighted by Crippen LogP contribution is -2.41. The van der Waals surface area contributed by atoms with Crippen molar-refractivity contribution in [1.82, 2.24) is 0 Å². The van der Waals surface area contributed by atoms with Gasteiger partial charge in [-0.05, 0) is 39.2 Å². The molecule has 1 aliphatic heterocycles. The fourth-order valence-corrected chi connectivity index (χ4v) is 2.04. The maximum absolute atomic E-state index is 14.1. The molecule has 0 bridgehead atoms. The van der Waals surface area contributed by atoms with Gasteiger partial charge in [-0.15, -0.1) is 0 Å². The van der Waals surface area contributed by atoms with Crippen molar-refractivity contribution in [3.05, 3.63) is 23.5 Å². The first kappa shape index (κ1) is 15.0. The Labute approximate surface area is 118 Å². The Morgan fingerprint density at radius 3 is 2.20 bits per heavy atom. The molecule has 0 N–H and O–H groups in total. The summed E-state index contributed by atoms with van der Waals surface area (Å²) in [6.45, 7) is 7.59. The molecule has 0 aliphatic carbocycles. The first-order chi connectivity index (χ1) is 9.23. The SMILES string of the molecule is COc1ccc(B2OC(C)(C)C(C)(C)O2)c(C=O)c1F. The molecule has 4 nitrogen and oxygen atoms in total. The Morgan fingerprint density at radius 1 is 1.20 bits per heavy atom. The van der Waals surface area contributed by atoms with Crippen molar-refractivity contribution in [3.8, 4) is 5.75 Å². The molecule has 0 spiro atoms. The second-order valence-electron chi connectivity index (χ2n) is 5.79. The molecular weight excluding hydrogens is 262 g/mol. The predicted molar refractivity (Wildman–Crippen MR) is 74.1 cm³/mol. The van der Waals surface area contributed by atoms with Gasteiger partial charge < -0.3 is 14.0 Å². The number of carbonyl (C=O) groups is 1. The highest BCUT2D eigenvalue weighted by Crippen LogP contribution is 2.37. The first-order valence-corrected chi connectivity index (χ1v) is 6.40. The molecule has 108 valence electrons. The summed E-state index contributed by atoms with van der Waals surface area (Å²) in [6, 6.07) is 3.05. The molecule has 0 atom stereocenters. The van der Waals surface area contributed by atoms with Crippen molar-refractivity contribution in [2.45, 2.75) is 38.9 Å². The van der Waals surface area contributed by atoms with Crippen LogP contribution in [0.2, 0.25) is 0 Å². The van der Waals surface area contributed by atoms with Crippen molar-refractivity contribution >= 4 is 18.9 Å². The summed E-state index contributed by atoms with van der Waals surface area (Å²) in [7, 11) is 0.571. The number of benzene rings is 1. The summed E-state index contributed by atoms with van der Waals surface area (Å²) in [4.78, 5) is 11.2. The average molecular weight is 280 g/mol. The van der Waals surface area contributed by atoms with Crippen LogP contribution in [-0.2, 0) is 9.31 Å². The molecule has 0 aromatic heterocycles. The number of aldehydes is 1. The van der Waals surface area contributed by atoms with E-state index in [2.05, 4.69) is 0 Å². The lowest BCUT2D eigenvalue weighted by atomic mass is 9.76. The number of hydrogen-bond acceptors (Lipinski definition) is 4. The van der Waals surface area contributed by atoms with E-state index in [1.54, 1.807) is 6.07 Å². The molecule has 0 unspecified atom stereocenters. The van der Waals surface area contributed by atoms with Gasteiger partial charge >= 0.3 is 7.12 Å². The van der Waals surface area contributed by atoms with Gasteiger partial charge in [0.05, 0.1) is 23.9 Å². The van der Waals surface area contributed by atoms with Crippen molar-refractivity contribution in [2.75, 3.05) is 7.11 Å². The minimum Gasteiger partial charge on any atom is -0.494 e. The van der Waals surface area contributed by atoms with Crippen molar-refractivity contribution in [1.29, 1.82) is 0 Å². The van der Waals surface area contributed by atoms with E-state index >= 15 is 0 Å². The molecule has 1 fully saturated rings. The first-order valence-electron chi connectivity index (χ1n) is 6.40. The largest absolute Gasteiger partial charge is 0.495 e. The smallest absolute Gasteiger partial charge is 0.494 e. The van der Waals surface area contributed by atoms with E-state index in [9.17, 15) is 9.18 Å². The van der Waals surface area contributed by atoms with Crippen LogP contribution >= 0.6 is 0 Å². The van der Waals surface area contributed by atoms with Gasteiger partial charge in [0.1, 0.15) is 0 Å². The number of methoxy groups -OCH3 is 1. The van der Waals surface area contributed by atoms with Gasteiger partial charge in [-0.2, -0.15) is 0 Å². The number of carbonyl (C=O) groups excluding carboxylic acids is 1. The zero-order valence-electron chi connectivity index (χ0n) is 12.3. The quantitative estimate of drug-likeness (QED) is 0.627. The van der Waals surface area contributed by atoms with E-state index < -0.39 is 24.1 Å². The summed E-state index contributed by atoms with van der Waals surface area (Å²) in [5, 5.41) is 0. The second kappa shape index (κ2) is 4.86. The summed E-state index contributed by atoms with van der Waals surface area (Å²) in [5.41, 5.74) is -0.817. The van der Waals surface area contributed by atoms with Gasteiger partial charge in [0.25, 0.3) is 0 Å². The van der Waals surface area contributed by atoms with Crippen LogP contribution in [0.5, 0.6) is 5.75 Å². The molecular formula is C14H18BFO4. The van der Waals surface area contributed by atoms with Crippen LogP contribution in [-0.4, -0.2) is 31.7 Å². The third kappa shape index (κ3) is 2.23. The van der Waals surface area contributed by atoms with Crippen molar-refractivity contribution in [2.24, 2.45) is 0 Å². The highest BCUT2D eigenvalue weighted by molar-refractivity contribution is 6.63. The van der Waals surface area contributed by atoms with Crippen LogP contribution in [0.15, 0.2) is 12.1 Å². The Balaban J connectivity index is 2.45. The van der Waals surface area contributed by atoms with Gasteiger partial charge in [0.2, 0.25) is 0 Å². The second-order valence-corrected chi connectivity index (χ2v) is 5.79. The van der Waals surface area contributed by atoms with Crippen LogP contribution in [0, 0.1) is 5.82 Å². The van der Waals surface area contributed by atoms with Gasteiger partial charge in [0, 0.05) is 0 Å². The molecule has 2 rings (SSSR count). The summed E-state index contributed by atoms with van der Waals surface area (Å²) in [5.74, 6) is -0.679. The minimum atomic E-state index is -0.777. The molecule has 0 radical (unpaired) electrons. The van der Waals surface area contributed by atoms with Crippen LogP contribution in [0.25, 0.3) is 0 Å². The number of halogens is 1. The fraction of sp³-hybridized carbons (Fsp3) is 0.500. The van der Waals surface area contributed by atoms with Crippen LogP contribution in [0.3, 0.4) is 0 Å². The average Bonchev–Trinajstić information content (AvgIpc) is 2.58. The highest BCUT2D eigenvalue weighted by Gasteiger charge is 2.52. The Bertz CT molecular complexity index is 526. The maximum Gasteiger partial charge on any atom is 0.495 e. The number of hydrogen-bond donors (Lipinski definition) is 0. The Hall–Kier alpha value is -1.40. The van der Waals surface area contributed by atoms with Crippen LogP contribution < -0.4 is 10.2 Å². The fourth-order valence-electron chi connectivity index (χ4n) is 2.04. The highest BCUT2D eigenvalue weighted by atomic mass is 19.1. The standard InChI is InChI=1S/C14H18BFO4/c1-13(2)14(3,4)20-15(19-13)10-6-7-11(18-5)12(16)9(10)8-17/h6-8H,1-5H3. The van der Waals surface area contributed by atoms with Gasteiger partial charge in [-0.3, -0.25) is 4.79 Å². The number of ether oxygens (including phenoxy) is 1. The third-order valence-electron chi connectivity index (χ3n) is 4.02. The van der Waals surface area contributed by atoms with E-state index in [1.165, 1.54) is 13.2 Å². The van der Waals surface area contributed by atoms with Gasteiger partial charge in [0.15, 0.2) is 17.9 Å². The summed E-state index contributed by atoms with van der Waals surface area (Å²) in [6.07, 6.45) is 0.457. The number of rotatable bonds is 3. The van der Waals surface area contributed by atoms with Gasteiger partial charge in [-0.25, -0.2) is 4.39 Å². The Morgan fingerprint density at radius 2 is 1.75 bits per heavy atom. The van der Waals surface area contributed by atoms with Crippen molar-refractivity contribution < 1.29 is 23.2 Å². The van der Waals surface area contributed by atoms with E-state index in [1.807, 2.05) is 27.7 Å². The molecule has 6 heteroatoms. The van der Waals surface area contributed by atoms with E-state index in [4.69, 9.17) is 14.0 Å². The van der Waals surface area contributed by atoms with Crippen LogP contribution in [0.4, 0.5) is 4.39 Å². The summed E-state index contributed by atoms with van der Waals surface area (Å²) >= 11 is 0. The zero-order chi connectivity index (χ0) is 15.1. The monoisotopic (exact) mass is 280 g/mol. The molecule has 20 heavy (non-hydrogen) atoms. The molecule has 1 aliphatic rings. The third-order valence-corrected chi connectivity index (χ3v) is 4.02. The zero-order valence-corrected chi connectivity index (χ0v) is 12.3. The molecule has 0 amide bonds. The van der Waals surface area contributed by atoms with Gasteiger partial charge in [-0.1, -0.05) is 6.07 Å². The molecule has 1 aromatic carbocycles. The van der Waals surface area contributed by atoms with E-state index in [0.29, 0.717) is 11.7 Å². The lowest BCUT2D eigenvalue weighted by molar-refractivity contribution is 0.00578. The lowest BCUT2D eigenvalue weighted by Gasteiger charge is -2.32. The maximum atomic E-state index is 14.1. The molecule has 1 saturated heterocycles. The molecule has 0 saturated carbocycles. The molecule has 1 heterocycles. The topological polar surface area (TPSA) is 44.8 Å². The van der Waals surface area contributed by atoms with Crippen molar-refractivity contribution in [3.63, 3.8) is 0 Å². The predicted octanol–water partition coefficient (Wildman–Crippen LogP) is 1.95. The molecule has 1 aromatic rings. The Kier molecular flexibility index (Phi) is 3.65.